The summed E-state index contributed by atoms with van der Waals surface area (Å²) in [5.41, 5.74) is 0. The minimum atomic E-state index is -0.410. The summed E-state index contributed by atoms with van der Waals surface area (Å²) >= 11 is 11.4. The van der Waals surface area contributed by atoms with E-state index >= 15 is 0 Å². The van der Waals surface area contributed by atoms with Crippen molar-refractivity contribution in [2.75, 3.05) is 0 Å². The van der Waals surface area contributed by atoms with Crippen LogP contribution in [-0.4, -0.2) is 12.2 Å². The first-order valence-corrected chi connectivity index (χ1v) is 3.09. The highest BCUT2D eigenvalue weighted by Crippen LogP contribution is 2.67. The van der Waals surface area contributed by atoms with Crippen molar-refractivity contribution >= 4 is 31.0 Å². The molecule has 1 aliphatic carbocycles. The van der Waals surface area contributed by atoms with E-state index in [0.29, 0.717) is 0 Å². The maximum Gasteiger partial charge on any atom is 0.116 e. The standard InChI is InChI=1S/C4H7BCl2/c1-3(5)2-4(3,6)7/h2,5H2,1H3. The van der Waals surface area contributed by atoms with Crippen LogP contribution in [0.15, 0.2) is 0 Å². The smallest absolute Gasteiger partial charge is 0.102 e. The third kappa shape index (κ3) is 0.770. The minimum absolute atomic E-state index is 0.177. The summed E-state index contributed by atoms with van der Waals surface area (Å²) in [7, 11) is 2.06. The van der Waals surface area contributed by atoms with Gasteiger partial charge in [0.25, 0.3) is 0 Å². The fourth-order valence-corrected chi connectivity index (χ4v) is 1.18. The van der Waals surface area contributed by atoms with Crippen LogP contribution in [0.4, 0.5) is 0 Å². The monoisotopic (exact) mass is 136 g/mol. The lowest BCUT2D eigenvalue weighted by Gasteiger charge is -1.98. The van der Waals surface area contributed by atoms with Crippen molar-refractivity contribution in [3.05, 3.63) is 0 Å². The zero-order chi connectivity index (χ0) is 5.71. The molecule has 1 aliphatic rings. The van der Waals surface area contributed by atoms with Gasteiger partial charge in [-0.2, -0.15) is 0 Å². The Kier molecular flexibility index (Phi) is 0.938. The van der Waals surface area contributed by atoms with Gasteiger partial charge in [-0.1, -0.05) is 6.92 Å². The van der Waals surface area contributed by atoms with Crippen LogP contribution in [0.2, 0.25) is 5.31 Å². The lowest BCUT2D eigenvalue weighted by molar-refractivity contribution is 0.991. The van der Waals surface area contributed by atoms with Gasteiger partial charge in [-0.15, -0.1) is 23.2 Å². The molecular formula is C4H7BCl2. The molecule has 7 heavy (non-hydrogen) atoms. The van der Waals surface area contributed by atoms with Crippen LogP contribution in [0.25, 0.3) is 0 Å². The fourth-order valence-electron chi connectivity index (χ4n) is 0.511. The lowest BCUT2D eigenvalue weighted by atomic mass is 9.86. The summed E-state index contributed by atoms with van der Waals surface area (Å²) < 4.78 is -0.410. The van der Waals surface area contributed by atoms with Gasteiger partial charge in [0.2, 0.25) is 0 Å². The van der Waals surface area contributed by atoms with Crippen molar-refractivity contribution in [3.8, 4) is 0 Å². The van der Waals surface area contributed by atoms with Crippen molar-refractivity contribution in [2.24, 2.45) is 0 Å². The first kappa shape index (κ1) is 5.78. The van der Waals surface area contributed by atoms with Crippen LogP contribution in [0.3, 0.4) is 0 Å². The van der Waals surface area contributed by atoms with E-state index in [1.807, 2.05) is 0 Å². The van der Waals surface area contributed by atoms with E-state index in [2.05, 4.69) is 14.8 Å². The maximum absolute atomic E-state index is 5.70. The highest BCUT2D eigenvalue weighted by Gasteiger charge is 2.58. The molecule has 3 heteroatoms. The molecule has 1 saturated carbocycles. The molecule has 0 aliphatic heterocycles. The molecule has 0 spiro atoms. The van der Waals surface area contributed by atoms with Crippen LogP contribution in [0.5, 0.6) is 0 Å². The molecule has 0 aromatic carbocycles. The molecule has 40 valence electrons. The average molecular weight is 137 g/mol. The van der Waals surface area contributed by atoms with Gasteiger partial charge in [0, 0.05) is 0 Å². The van der Waals surface area contributed by atoms with Gasteiger partial charge in [-0.3, -0.25) is 0 Å². The molecule has 0 saturated heterocycles. The molecule has 1 rings (SSSR count). The van der Waals surface area contributed by atoms with Gasteiger partial charge >= 0.3 is 0 Å². The van der Waals surface area contributed by atoms with Crippen molar-refractivity contribution in [2.45, 2.75) is 23.0 Å². The molecule has 0 amide bonds. The summed E-state index contributed by atoms with van der Waals surface area (Å²) in [5.74, 6) is 0. The van der Waals surface area contributed by atoms with Gasteiger partial charge in [0.15, 0.2) is 0 Å². The van der Waals surface area contributed by atoms with E-state index in [1.165, 1.54) is 0 Å². The Morgan fingerprint density at radius 3 is 1.71 bits per heavy atom. The highest BCUT2D eigenvalue weighted by atomic mass is 35.5. The fraction of sp³-hybridized carbons (Fsp3) is 1.00. The van der Waals surface area contributed by atoms with Crippen molar-refractivity contribution in [3.63, 3.8) is 0 Å². The molecular weight excluding hydrogens is 130 g/mol. The number of alkyl halides is 2. The van der Waals surface area contributed by atoms with E-state index in [4.69, 9.17) is 23.2 Å². The number of rotatable bonds is 0. The molecule has 1 atom stereocenters. The number of halogens is 2. The summed E-state index contributed by atoms with van der Waals surface area (Å²) in [6.07, 6.45) is 0.934. The minimum Gasteiger partial charge on any atom is -0.102 e. The highest BCUT2D eigenvalue weighted by molar-refractivity contribution is 6.56. The predicted octanol–water partition coefficient (Wildman–Crippen LogP) is 1.38. The van der Waals surface area contributed by atoms with Gasteiger partial charge in [-0.25, -0.2) is 0 Å². The molecule has 0 radical (unpaired) electrons. The van der Waals surface area contributed by atoms with Crippen LogP contribution in [0, 0.1) is 0 Å². The zero-order valence-corrected chi connectivity index (χ0v) is 5.97. The topological polar surface area (TPSA) is 0 Å². The van der Waals surface area contributed by atoms with Crippen molar-refractivity contribution in [1.29, 1.82) is 0 Å². The number of hydrogen-bond acceptors (Lipinski definition) is 0. The lowest BCUT2D eigenvalue weighted by Crippen LogP contribution is -1.94. The Morgan fingerprint density at radius 2 is 1.71 bits per heavy atom. The van der Waals surface area contributed by atoms with Gasteiger partial charge in [-0.05, 0) is 11.7 Å². The molecule has 0 heterocycles. The first-order chi connectivity index (χ1) is 2.96. The first-order valence-electron chi connectivity index (χ1n) is 2.34. The molecule has 0 N–H and O–H groups in total. The second-order valence-corrected chi connectivity index (χ2v) is 4.25. The molecule has 1 unspecified atom stereocenters. The summed E-state index contributed by atoms with van der Waals surface area (Å²) in [6, 6.07) is 0. The van der Waals surface area contributed by atoms with Gasteiger partial charge < -0.3 is 0 Å². The summed E-state index contributed by atoms with van der Waals surface area (Å²) in [4.78, 5) is 0. The third-order valence-electron chi connectivity index (χ3n) is 1.53. The predicted molar refractivity (Wildman–Crippen MR) is 36.0 cm³/mol. The normalized spacial score (nSPS) is 46.1. The Morgan fingerprint density at radius 1 is 1.57 bits per heavy atom. The van der Waals surface area contributed by atoms with E-state index in [9.17, 15) is 0 Å². The van der Waals surface area contributed by atoms with Gasteiger partial charge in [0.05, 0.1) is 0 Å². The maximum atomic E-state index is 5.70. The second kappa shape index (κ2) is 1.14. The largest absolute Gasteiger partial charge is 0.116 e. The molecule has 1 fully saturated rings. The quantitative estimate of drug-likeness (QED) is 0.349. The second-order valence-electron chi connectivity index (χ2n) is 2.77. The van der Waals surface area contributed by atoms with E-state index in [0.717, 1.165) is 6.42 Å². The van der Waals surface area contributed by atoms with Crippen LogP contribution in [0.1, 0.15) is 13.3 Å². The van der Waals surface area contributed by atoms with E-state index in [-0.39, 0.29) is 5.31 Å². The van der Waals surface area contributed by atoms with Gasteiger partial charge in [0.1, 0.15) is 12.2 Å². The van der Waals surface area contributed by atoms with Crippen LogP contribution >= 0.6 is 23.2 Å². The average Bonchev–Trinajstić information content (AvgIpc) is 1.63. The Balaban J connectivity index is 2.59. The molecule has 0 aromatic heterocycles. The summed E-state index contributed by atoms with van der Waals surface area (Å²) in [5, 5.41) is 0.177. The molecule has 0 nitrogen and oxygen atoms in total. The van der Waals surface area contributed by atoms with Crippen molar-refractivity contribution in [1.82, 2.24) is 0 Å². The molecule has 0 bridgehead atoms. The third-order valence-corrected chi connectivity index (χ3v) is 2.82. The molecule has 0 aromatic rings. The summed E-state index contributed by atoms with van der Waals surface area (Å²) in [6.45, 7) is 2.06. The van der Waals surface area contributed by atoms with Crippen LogP contribution < -0.4 is 0 Å². The zero-order valence-electron chi connectivity index (χ0n) is 4.46. The number of hydrogen-bond donors (Lipinski definition) is 0. The Hall–Kier alpha value is 0.645. The van der Waals surface area contributed by atoms with Crippen LogP contribution in [-0.2, 0) is 0 Å². The van der Waals surface area contributed by atoms with E-state index < -0.39 is 4.33 Å². The SMILES string of the molecule is BC1(C)CC1(Cl)Cl. The Labute approximate surface area is 54.6 Å². The van der Waals surface area contributed by atoms with E-state index in [1.54, 1.807) is 0 Å². The van der Waals surface area contributed by atoms with Crippen molar-refractivity contribution < 1.29 is 0 Å². The Bertz CT molecular complexity index is 85.9.